The molecule has 16 heavy (non-hydrogen) atoms. The molecule has 0 radical (unpaired) electrons. The van der Waals surface area contributed by atoms with E-state index in [0.29, 0.717) is 11.2 Å². The Hall–Kier alpha value is -0.870. The summed E-state index contributed by atoms with van der Waals surface area (Å²) in [4.78, 5) is 10.5. The van der Waals surface area contributed by atoms with Gasteiger partial charge in [-0.05, 0) is 19.8 Å². The number of nitrogens with zero attached hydrogens (tertiary/aromatic N) is 3. The monoisotopic (exact) mass is 241 g/mol. The van der Waals surface area contributed by atoms with Gasteiger partial charge in [0.05, 0.1) is 0 Å². The Kier molecular flexibility index (Phi) is 3.96. The van der Waals surface area contributed by atoms with Crippen molar-refractivity contribution in [1.29, 1.82) is 0 Å². The van der Waals surface area contributed by atoms with Crippen LogP contribution in [0.1, 0.15) is 19.8 Å². The van der Waals surface area contributed by atoms with E-state index in [4.69, 9.17) is 16.3 Å². The number of anilines is 1. The fourth-order valence-corrected chi connectivity index (χ4v) is 2.23. The lowest BCUT2D eigenvalue weighted by Gasteiger charge is -2.34. The van der Waals surface area contributed by atoms with Gasteiger partial charge in [0, 0.05) is 31.9 Å². The number of rotatable bonds is 3. The van der Waals surface area contributed by atoms with Crippen LogP contribution in [0.3, 0.4) is 0 Å². The predicted octanol–water partition coefficient (Wildman–Crippen LogP) is 2.14. The summed E-state index contributed by atoms with van der Waals surface area (Å²) in [5.41, 5.74) is 0. The highest BCUT2D eigenvalue weighted by Gasteiger charge is 2.21. The smallest absolute Gasteiger partial charge is 0.134 e. The zero-order chi connectivity index (χ0) is 11.4. The third-order valence-corrected chi connectivity index (χ3v) is 3.09. The van der Waals surface area contributed by atoms with Gasteiger partial charge in [0.15, 0.2) is 0 Å². The molecule has 1 aromatic heterocycles. The molecule has 0 saturated carbocycles. The van der Waals surface area contributed by atoms with Crippen LogP contribution in [0.25, 0.3) is 0 Å². The summed E-state index contributed by atoms with van der Waals surface area (Å²) in [5.74, 6) is 0.911. The molecule has 2 rings (SSSR count). The average Bonchev–Trinajstić information content (AvgIpc) is 2.31. The van der Waals surface area contributed by atoms with E-state index in [1.54, 1.807) is 0 Å². The van der Waals surface area contributed by atoms with Gasteiger partial charge in [0.25, 0.3) is 0 Å². The third kappa shape index (κ3) is 2.62. The van der Waals surface area contributed by atoms with E-state index >= 15 is 0 Å². The number of hydrogen-bond donors (Lipinski definition) is 0. The maximum absolute atomic E-state index is 5.88. The Morgan fingerprint density at radius 3 is 2.81 bits per heavy atom. The van der Waals surface area contributed by atoms with E-state index in [1.165, 1.54) is 6.33 Å². The Bertz CT molecular complexity index is 342. The van der Waals surface area contributed by atoms with Crippen LogP contribution in [-0.4, -0.2) is 35.8 Å². The molecule has 0 aliphatic carbocycles. The molecule has 0 amide bonds. The highest BCUT2D eigenvalue weighted by molar-refractivity contribution is 6.29. The standard InChI is InChI=1S/C11H16ClN3O/c1-2-15(9-3-5-16-6-4-9)11-7-10(12)13-8-14-11/h7-9H,2-6H2,1H3. The van der Waals surface area contributed by atoms with E-state index in [2.05, 4.69) is 21.8 Å². The van der Waals surface area contributed by atoms with E-state index in [0.717, 1.165) is 38.4 Å². The molecule has 0 bridgehead atoms. The van der Waals surface area contributed by atoms with Gasteiger partial charge >= 0.3 is 0 Å². The molecule has 0 atom stereocenters. The van der Waals surface area contributed by atoms with Gasteiger partial charge in [0.2, 0.25) is 0 Å². The van der Waals surface area contributed by atoms with E-state index in [9.17, 15) is 0 Å². The molecule has 4 nitrogen and oxygen atoms in total. The minimum absolute atomic E-state index is 0.496. The molecule has 1 saturated heterocycles. The van der Waals surface area contributed by atoms with Crippen molar-refractivity contribution in [3.8, 4) is 0 Å². The zero-order valence-electron chi connectivity index (χ0n) is 9.40. The fourth-order valence-electron chi connectivity index (χ4n) is 2.09. The van der Waals surface area contributed by atoms with Crippen LogP contribution >= 0.6 is 11.6 Å². The quantitative estimate of drug-likeness (QED) is 0.760. The predicted molar refractivity (Wildman–Crippen MR) is 63.9 cm³/mol. The maximum atomic E-state index is 5.88. The molecule has 0 N–H and O–H groups in total. The van der Waals surface area contributed by atoms with Crippen molar-refractivity contribution >= 4 is 17.4 Å². The van der Waals surface area contributed by atoms with Crippen LogP contribution in [0.5, 0.6) is 0 Å². The van der Waals surface area contributed by atoms with Gasteiger partial charge < -0.3 is 9.64 Å². The van der Waals surface area contributed by atoms with Gasteiger partial charge in [-0.25, -0.2) is 9.97 Å². The Balaban J connectivity index is 2.14. The molecular formula is C11H16ClN3O. The summed E-state index contributed by atoms with van der Waals surface area (Å²) in [7, 11) is 0. The molecule has 5 heteroatoms. The molecular weight excluding hydrogens is 226 g/mol. The molecule has 2 heterocycles. The van der Waals surface area contributed by atoms with Crippen LogP contribution in [0, 0.1) is 0 Å². The van der Waals surface area contributed by atoms with E-state index in [-0.39, 0.29) is 0 Å². The van der Waals surface area contributed by atoms with Crippen molar-refractivity contribution < 1.29 is 4.74 Å². The molecule has 1 aliphatic rings. The summed E-state index contributed by atoms with van der Waals surface area (Å²) in [5, 5.41) is 0.496. The maximum Gasteiger partial charge on any atom is 0.134 e. The second kappa shape index (κ2) is 5.46. The Labute approximate surface area is 101 Å². The van der Waals surface area contributed by atoms with Crippen LogP contribution in [0.4, 0.5) is 5.82 Å². The van der Waals surface area contributed by atoms with Gasteiger partial charge in [-0.3, -0.25) is 0 Å². The lowest BCUT2D eigenvalue weighted by Crippen LogP contribution is -2.39. The number of ether oxygens (including phenoxy) is 1. The largest absolute Gasteiger partial charge is 0.381 e. The number of hydrogen-bond acceptors (Lipinski definition) is 4. The first-order valence-corrected chi connectivity index (χ1v) is 6.01. The van der Waals surface area contributed by atoms with Crippen LogP contribution in [0.15, 0.2) is 12.4 Å². The van der Waals surface area contributed by atoms with E-state index in [1.807, 2.05) is 6.07 Å². The summed E-state index contributed by atoms with van der Waals surface area (Å²) in [6.45, 7) is 4.73. The van der Waals surface area contributed by atoms with Crippen LogP contribution in [0.2, 0.25) is 5.15 Å². The summed E-state index contributed by atoms with van der Waals surface area (Å²) in [6.07, 6.45) is 3.62. The molecule has 0 unspecified atom stereocenters. The second-order valence-corrected chi connectivity index (χ2v) is 4.22. The van der Waals surface area contributed by atoms with Crippen molar-refractivity contribution in [2.24, 2.45) is 0 Å². The summed E-state index contributed by atoms with van der Waals surface area (Å²) in [6, 6.07) is 2.32. The highest BCUT2D eigenvalue weighted by atomic mass is 35.5. The van der Waals surface area contributed by atoms with Crippen molar-refractivity contribution in [2.75, 3.05) is 24.7 Å². The van der Waals surface area contributed by atoms with Crippen molar-refractivity contribution in [3.05, 3.63) is 17.5 Å². The molecule has 1 aliphatic heterocycles. The van der Waals surface area contributed by atoms with Gasteiger partial charge in [-0.15, -0.1) is 0 Å². The zero-order valence-corrected chi connectivity index (χ0v) is 10.2. The minimum atomic E-state index is 0.496. The summed E-state index contributed by atoms with van der Waals surface area (Å²) < 4.78 is 5.37. The van der Waals surface area contributed by atoms with Crippen LogP contribution < -0.4 is 4.90 Å². The first-order chi connectivity index (χ1) is 7.81. The first kappa shape index (κ1) is 11.6. The number of halogens is 1. The molecule has 88 valence electrons. The molecule has 1 aromatic rings. The average molecular weight is 242 g/mol. The molecule has 0 aromatic carbocycles. The molecule has 1 fully saturated rings. The topological polar surface area (TPSA) is 38.2 Å². The van der Waals surface area contributed by atoms with Gasteiger partial charge in [-0.1, -0.05) is 11.6 Å². The van der Waals surface area contributed by atoms with Crippen LogP contribution in [-0.2, 0) is 4.74 Å². The molecule has 0 spiro atoms. The van der Waals surface area contributed by atoms with Crippen molar-refractivity contribution in [1.82, 2.24) is 9.97 Å². The second-order valence-electron chi connectivity index (χ2n) is 3.83. The first-order valence-electron chi connectivity index (χ1n) is 5.63. The highest BCUT2D eigenvalue weighted by Crippen LogP contribution is 2.21. The lowest BCUT2D eigenvalue weighted by atomic mass is 10.1. The minimum Gasteiger partial charge on any atom is -0.381 e. The van der Waals surface area contributed by atoms with E-state index < -0.39 is 0 Å². The summed E-state index contributed by atoms with van der Waals surface area (Å²) >= 11 is 5.88. The van der Waals surface area contributed by atoms with Gasteiger partial charge in [0.1, 0.15) is 17.3 Å². The van der Waals surface area contributed by atoms with Crippen molar-refractivity contribution in [3.63, 3.8) is 0 Å². The van der Waals surface area contributed by atoms with Gasteiger partial charge in [-0.2, -0.15) is 0 Å². The lowest BCUT2D eigenvalue weighted by molar-refractivity contribution is 0.0845. The third-order valence-electron chi connectivity index (χ3n) is 2.89. The Morgan fingerprint density at radius 1 is 1.44 bits per heavy atom. The number of aromatic nitrogens is 2. The fraction of sp³-hybridized carbons (Fsp3) is 0.636. The Morgan fingerprint density at radius 2 is 2.19 bits per heavy atom. The normalized spacial score (nSPS) is 17.4. The van der Waals surface area contributed by atoms with Crippen molar-refractivity contribution in [2.45, 2.75) is 25.8 Å². The SMILES string of the molecule is CCN(c1cc(Cl)ncn1)C1CCOCC1.